The number of benzene rings is 4. The third-order valence-electron chi connectivity index (χ3n) is 9.15. The molecule has 8 bridgehead atoms. The van der Waals surface area contributed by atoms with Gasteiger partial charge in [-0.3, -0.25) is 14.5 Å². The molecule has 49 heavy (non-hydrogen) atoms. The van der Waals surface area contributed by atoms with E-state index >= 15 is 0 Å². The molecule has 4 heterocycles. The zero-order valence-corrected chi connectivity index (χ0v) is 27.8. The molecule has 3 aliphatic heterocycles. The molecule has 0 radical (unpaired) electrons. The first-order valence-electron chi connectivity index (χ1n) is 16.0. The van der Waals surface area contributed by atoms with E-state index in [-0.39, 0.29) is 17.6 Å². The minimum atomic E-state index is -0.366. The molecule has 0 saturated heterocycles. The van der Waals surface area contributed by atoms with Gasteiger partial charge >= 0.3 is 0 Å². The van der Waals surface area contributed by atoms with Crippen LogP contribution in [0.1, 0.15) is 44.0 Å². The summed E-state index contributed by atoms with van der Waals surface area (Å²) in [5, 5.41) is 10.5. The fourth-order valence-electron chi connectivity index (χ4n) is 6.52. The fourth-order valence-corrected chi connectivity index (χ4v) is 6.70. The van der Waals surface area contributed by atoms with Crippen molar-refractivity contribution in [1.29, 1.82) is 0 Å². The topological polar surface area (TPSA) is 88.6 Å². The van der Waals surface area contributed by atoms with Gasteiger partial charge in [-0.15, -0.1) is 0 Å². The molecule has 0 aliphatic carbocycles. The second-order valence-corrected chi connectivity index (χ2v) is 12.6. The first-order chi connectivity index (χ1) is 23.7. The molecule has 0 spiro atoms. The predicted octanol–water partition coefficient (Wildman–Crippen LogP) is 8.25. The molecule has 0 unspecified atom stereocenters. The van der Waals surface area contributed by atoms with Crippen LogP contribution in [-0.2, 0) is 20.0 Å². The van der Waals surface area contributed by atoms with Crippen LogP contribution in [0.5, 0.6) is 17.2 Å². The van der Waals surface area contributed by atoms with Crippen molar-refractivity contribution in [3.8, 4) is 28.5 Å². The molecule has 10 heteroatoms. The van der Waals surface area contributed by atoms with E-state index in [1.54, 1.807) is 54.6 Å². The zero-order valence-electron chi connectivity index (χ0n) is 27.1. The Bertz CT molecular complexity index is 2150. The van der Waals surface area contributed by atoms with E-state index in [0.29, 0.717) is 95.1 Å². The lowest BCUT2D eigenvalue weighted by Gasteiger charge is -2.30. The lowest BCUT2D eigenvalue weighted by Crippen LogP contribution is -2.36. The molecule has 0 saturated carbocycles. The number of amides is 2. The van der Waals surface area contributed by atoms with Crippen LogP contribution in [0.4, 0.5) is 17.1 Å². The van der Waals surface area contributed by atoms with Crippen LogP contribution in [0.15, 0.2) is 84.9 Å². The quantitative estimate of drug-likeness (QED) is 0.181. The minimum absolute atomic E-state index is 0.0502. The number of halogens is 1. The highest BCUT2D eigenvalue weighted by atomic mass is 35.5. The van der Waals surface area contributed by atoms with Gasteiger partial charge in [0.2, 0.25) is 0 Å². The molecule has 246 valence electrons. The standard InChI is InChI=1S/C39H33ClN4O5/c1-24-34-22-36(42(24)3)35-18-26(40)8-13-33(35)38(46)43-15-14-32-25(23-43)6-4-7-37(32)49-17-5-16-48-31-20-27(41-2)19-29(21-31)44(39(34)47)28-9-11-30(45)12-10-28/h4,6-13,18-22,45H,5,14-17,23H2,1,3H3. The third kappa shape index (κ3) is 6.07. The molecule has 2 amide bonds. The predicted molar refractivity (Wildman–Crippen MR) is 188 cm³/mol. The van der Waals surface area contributed by atoms with Gasteiger partial charge in [0.15, 0.2) is 5.69 Å². The number of phenols is 1. The molecular weight excluding hydrogens is 640 g/mol. The second kappa shape index (κ2) is 13.1. The summed E-state index contributed by atoms with van der Waals surface area (Å²) in [6, 6.07) is 24.2. The molecule has 0 atom stereocenters. The van der Waals surface area contributed by atoms with Crippen molar-refractivity contribution in [1.82, 2.24) is 9.47 Å². The summed E-state index contributed by atoms with van der Waals surface area (Å²) in [5.41, 5.74) is 6.14. The normalized spacial score (nSPS) is 14.7. The van der Waals surface area contributed by atoms with Crippen molar-refractivity contribution in [3.63, 3.8) is 0 Å². The number of carbonyl (C=O) groups is 2. The maximum atomic E-state index is 14.7. The highest BCUT2D eigenvalue weighted by Crippen LogP contribution is 2.38. The van der Waals surface area contributed by atoms with E-state index in [2.05, 4.69) is 4.85 Å². The van der Waals surface area contributed by atoms with Crippen molar-refractivity contribution in [3.05, 3.63) is 129 Å². The van der Waals surface area contributed by atoms with Crippen molar-refractivity contribution < 1.29 is 24.2 Å². The number of rotatable bonds is 1. The number of hydrogen-bond acceptors (Lipinski definition) is 5. The SMILES string of the molecule is [C-]#[N+]c1cc2cc(c1)N(c1ccc(O)cc1)C(=O)c1cc(n(C)c1C)-c1cc(Cl)ccc1C(=O)N1CCc3c(cccc3OCCCO2)C1. The number of aromatic hydroxyl groups is 1. The number of nitrogens with zero attached hydrogens (tertiary/aromatic N) is 4. The molecule has 0 fully saturated rings. The Balaban J connectivity index is 1.40. The first-order valence-corrected chi connectivity index (χ1v) is 16.4. The summed E-state index contributed by atoms with van der Waals surface area (Å²) in [7, 11) is 1.85. The Morgan fingerprint density at radius 2 is 1.65 bits per heavy atom. The summed E-state index contributed by atoms with van der Waals surface area (Å²) in [6.45, 7) is 11.3. The van der Waals surface area contributed by atoms with Gasteiger partial charge < -0.3 is 24.0 Å². The van der Waals surface area contributed by atoms with Gasteiger partial charge in [-0.2, -0.15) is 0 Å². The van der Waals surface area contributed by atoms with Crippen molar-refractivity contribution >= 4 is 40.5 Å². The van der Waals surface area contributed by atoms with Gasteiger partial charge in [0.05, 0.1) is 25.3 Å². The molecule has 4 aromatic carbocycles. The molecular formula is C39H33ClN4O5. The number of ether oxygens (including phenoxy) is 2. The van der Waals surface area contributed by atoms with Crippen LogP contribution in [-0.4, -0.2) is 46.1 Å². The van der Waals surface area contributed by atoms with E-state index in [1.807, 2.05) is 41.6 Å². The molecule has 9 nitrogen and oxygen atoms in total. The summed E-state index contributed by atoms with van der Waals surface area (Å²) in [4.78, 5) is 35.9. The zero-order chi connectivity index (χ0) is 34.2. The molecule has 3 aliphatic rings. The lowest BCUT2D eigenvalue weighted by atomic mass is 9.96. The van der Waals surface area contributed by atoms with Crippen LogP contribution in [0.3, 0.4) is 0 Å². The van der Waals surface area contributed by atoms with Crippen molar-refractivity contribution in [2.75, 3.05) is 24.7 Å². The largest absolute Gasteiger partial charge is 0.508 e. The average Bonchev–Trinajstić information content (AvgIpc) is 3.41. The Morgan fingerprint density at radius 1 is 0.857 bits per heavy atom. The smallest absolute Gasteiger partial charge is 0.264 e. The molecule has 1 aromatic heterocycles. The average molecular weight is 673 g/mol. The maximum Gasteiger partial charge on any atom is 0.264 e. The summed E-state index contributed by atoms with van der Waals surface area (Å²) in [6.07, 6.45) is 1.23. The van der Waals surface area contributed by atoms with Gasteiger partial charge in [0, 0.05) is 77.1 Å². The van der Waals surface area contributed by atoms with Crippen LogP contribution in [0.25, 0.3) is 16.1 Å². The Hall–Kier alpha value is -5.72. The van der Waals surface area contributed by atoms with Gasteiger partial charge in [0.1, 0.15) is 17.2 Å². The lowest BCUT2D eigenvalue weighted by molar-refractivity contribution is 0.0734. The summed E-state index contributed by atoms with van der Waals surface area (Å²) in [5.74, 6) is 0.794. The van der Waals surface area contributed by atoms with Crippen LogP contribution >= 0.6 is 11.6 Å². The summed E-state index contributed by atoms with van der Waals surface area (Å²) >= 11 is 6.54. The van der Waals surface area contributed by atoms with E-state index < -0.39 is 0 Å². The highest BCUT2D eigenvalue weighted by Gasteiger charge is 2.29. The second-order valence-electron chi connectivity index (χ2n) is 12.2. The monoisotopic (exact) mass is 672 g/mol. The number of aromatic nitrogens is 1. The van der Waals surface area contributed by atoms with Crippen LogP contribution in [0, 0.1) is 13.5 Å². The highest BCUT2D eigenvalue weighted by molar-refractivity contribution is 6.31. The molecule has 8 rings (SSSR count). The van der Waals surface area contributed by atoms with E-state index in [9.17, 15) is 14.7 Å². The summed E-state index contributed by atoms with van der Waals surface area (Å²) < 4.78 is 14.2. The van der Waals surface area contributed by atoms with E-state index in [0.717, 1.165) is 16.9 Å². The molecule has 1 N–H and O–H groups in total. The first kappa shape index (κ1) is 31.9. The number of phenolic OH excluding ortho intramolecular Hbond substituents is 1. The number of hydrogen-bond donors (Lipinski definition) is 1. The van der Waals surface area contributed by atoms with Crippen LogP contribution < -0.4 is 14.4 Å². The fraction of sp³-hybridized carbons (Fsp3) is 0.205. The van der Waals surface area contributed by atoms with Crippen LogP contribution in [0.2, 0.25) is 5.02 Å². The number of carbonyl (C=O) groups excluding carboxylic acids is 2. The van der Waals surface area contributed by atoms with E-state index in [1.165, 1.54) is 17.0 Å². The van der Waals surface area contributed by atoms with Crippen molar-refractivity contribution in [2.45, 2.75) is 26.3 Å². The van der Waals surface area contributed by atoms with Gasteiger partial charge in [-0.25, -0.2) is 4.85 Å². The molecule has 5 aromatic rings. The minimum Gasteiger partial charge on any atom is -0.508 e. The van der Waals surface area contributed by atoms with E-state index in [4.69, 9.17) is 27.6 Å². The Kier molecular flexibility index (Phi) is 8.49. The van der Waals surface area contributed by atoms with Crippen molar-refractivity contribution in [2.24, 2.45) is 7.05 Å². The number of anilines is 2. The number of fused-ring (bicyclic) bond motifs is 6. The Labute approximate surface area is 289 Å². The van der Waals surface area contributed by atoms with Gasteiger partial charge in [0.25, 0.3) is 11.8 Å². The van der Waals surface area contributed by atoms with Gasteiger partial charge in [-0.05, 0) is 85.6 Å². The van der Waals surface area contributed by atoms with Gasteiger partial charge in [-0.1, -0.05) is 23.7 Å². The maximum absolute atomic E-state index is 14.7. The third-order valence-corrected chi connectivity index (χ3v) is 9.39. The Morgan fingerprint density at radius 3 is 2.45 bits per heavy atom.